The Kier molecular flexibility index (Phi) is 10.0. The topological polar surface area (TPSA) is 117 Å². The molecule has 0 saturated heterocycles. The van der Waals surface area contributed by atoms with Gasteiger partial charge in [-0.15, -0.1) is 0 Å². The van der Waals surface area contributed by atoms with Crippen molar-refractivity contribution < 1.29 is 24.2 Å². The van der Waals surface area contributed by atoms with Crippen molar-refractivity contribution in [2.24, 2.45) is 0 Å². The molecule has 0 bridgehead atoms. The zero-order valence-electron chi connectivity index (χ0n) is 11.9. The number of urea groups is 1. The van der Waals surface area contributed by atoms with E-state index >= 15 is 0 Å². The minimum atomic E-state index is -0.994. The molecule has 0 aromatic rings. The quantitative estimate of drug-likeness (QED) is 0.440. The lowest BCUT2D eigenvalue weighted by molar-refractivity contribution is -0.139. The van der Waals surface area contributed by atoms with Gasteiger partial charge >= 0.3 is 12.0 Å². The van der Waals surface area contributed by atoms with E-state index in [0.29, 0.717) is 6.54 Å². The van der Waals surface area contributed by atoms with Gasteiger partial charge in [0.15, 0.2) is 0 Å². The molecule has 0 aliphatic carbocycles. The van der Waals surface area contributed by atoms with Gasteiger partial charge in [-0.2, -0.15) is 0 Å². The highest BCUT2D eigenvalue weighted by Crippen LogP contribution is 1.95. The molecule has 0 aliphatic rings. The fourth-order valence-electron chi connectivity index (χ4n) is 1.35. The molecule has 20 heavy (non-hydrogen) atoms. The maximum Gasteiger partial charge on any atom is 0.314 e. The van der Waals surface area contributed by atoms with Crippen molar-refractivity contribution in [2.45, 2.75) is 32.3 Å². The smallest absolute Gasteiger partial charge is 0.314 e. The summed E-state index contributed by atoms with van der Waals surface area (Å²) in [5, 5.41) is 16.3. The van der Waals surface area contributed by atoms with Crippen molar-refractivity contribution in [3.05, 3.63) is 0 Å². The molecular formula is C12H23N3O5. The number of carbonyl (C=O) groups is 3. The third-order valence-electron chi connectivity index (χ3n) is 2.44. The van der Waals surface area contributed by atoms with Crippen LogP contribution in [0, 0.1) is 0 Å². The SMILES string of the molecule is CCCNC(=O)CCNC(=O)NCC(CC(=O)O)OC. The predicted octanol–water partition coefficient (Wildman–Crippen LogP) is -0.308. The average molecular weight is 289 g/mol. The average Bonchev–Trinajstić information content (AvgIpc) is 2.40. The summed E-state index contributed by atoms with van der Waals surface area (Å²) < 4.78 is 4.91. The van der Waals surface area contributed by atoms with Crippen LogP contribution in [-0.2, 0) is 14.3 Å². The van der Waals surface area contributed by atoms with E-state index < -0.39 is 18.1 Å². The van der Waals surface area contributed by atoms with Crippen LogP contribution in [0.4, 0.5) is 4.79 Å². The first-order valence-electron chi connectivity index (χ1n) is 6.52. The number of carboxylic acid groups (broad SMARTS) is 1. The Morgan fingerprint density at radius 3 is 2.40 bits per heavy atom. The lowest BCUT2D eigenvalue weighted by Gasteiger charge is -2.14. The van der Waals surface area contributed by atoms with Crippen molar-refractivity contribution in [1.29, 1.82) is 0 Å². The Bertz CT molecular complexity index is 322. The van der Waals surface area contributed by atoms with Gasteiger partial charge in [0.25, 0.3) is 0 Å². The summed E-state index contributed by atoms with van der Waals surface area (Å²) in [7, 11) is 1.38. The highest BCUT2D eigenvalue weighted by molar-refractivity contribution is 5.78. The van der Waals surface area contributed by atoms with Crippen molar-refractivity contribution in [3.63, 3.8) is 0 Å². The lowest BCUT2D eigenvalue weighted by atomic mass is 10.2. The molecule has 0 rings (SSSR count). The summed E-state index contributed by atoms with van der Waals surface area (Å²) in [6, 6.07) is -0.458. The van der Waals surface area contributed by atoms with Gasteiger partial charge in [-0.3, -0.25) is 9.59 Å². The fourth-order valence-corrected chi connectivity index (χ4v) is 1.35. The highest BCUT2D eigenvalue weighted by Gasteiger charge is 2.13. The van der Waals surface area contributed by atoms with Crippen LogP contribution in [0.1, 0.15) is 26.2 Å². The second-order valence-corrected chi connectivity index (χ2v) is 4.19. The summed E-state index contributed by atoms with van der Waals surface area (Å²) in [5.74, 6) is -1.11. The molecule has 0 aromatic heterocycles. The van der Waals surface area contributed by atoms with Gasteiger partial charge in [0, 0.05) is 33.2 Å². The monoisotopic (exact) mass is 289 g/mol. The van der Waals surface area contributed by atoms with Crippen LogP contribution in [0.15, 0.2) is 0 Å². The van der Waals surface area contributed by atoms with E-state index in [1.165, 1.54) is 7.11 Å². The van der Waals surface area contributed by atoms with E-state index in [9.17, 15) is 14.4 Å². The fraction of sp³-hybridized carbons (Fsp3) is 0.750. The highest BCUT2D eigenvalue weighted by atomic mass is 16.5. The normalized spacial score (nSPS) is 11.5. The van der Waals surface area contributed by atoms with Gasteiger partial charge in [0.2, 0.25) is 5.91 Å². The van der Waals surface area contributed by atoms with Crippen LogP contribution in [0.5, 0.6) is 0 Å². The molecule has 0 radical (unpaired) electrons. The molecule has 0 aliphatic heterocycles. The number of rotatable bonds is 10. The number of ether oxygens (including phenoxy) is 1. The van der Waals surface area contributed by atoms with E-state index in [-0.39, 0.29) is 31.8 Å². The Labute approximate surface area is 118 Å². The standard InChI is InChI=1S/C12H23N3O5/c1-3-5-13-10(16)4-6-14-12(19)15-8-9(20-2)7-11(17)18/h9H,3-8H2,1-2H3,(H,13,16)(H,17,18)(H2,14,15,19). The third-order valence-corrected chi connectivity index (χ3v) is 2.44. The minimum absolute atomic E-state index is 0.0939. The number of hydrogen-bond acceptors (Lipinski definition) is 4. The van der Waals surface area contributed by atoms with Crippen molar-refractivity contribution in [2.75, 3.05) is 26.7 Å². The first-order chi connectivity index (χ1) is 9.49. The van der Waals surface area contributed by atoms with E-state index in [0.717, 1.165) is 6.42 Å². The van der Waals surface area contributed by atoms with E-state index in [2.05, 4.69) is 16.0 Å². The molecule has 116 valence electrons. The van der Waals surface area contributed by atoms with Crippen molar-refractivity contribution in [1.82, 2.24) is 16.0 Å². The number of hydrogen-bond donors (Lipinski definition) is 4. The maximum atomic E-state index is 11.4. The Morgan fingerprint density at radius 1 is 1.15 bits per heavy atom. The minimum Gasteiger partial charge on any atom is -0.481 e. The molecule has 0 saturated carbocycles. The van der Waals surface area contributed by atoms with Crippen LogP contribution in [0.25, 0.3) is 0 Å². The maximum absolute atomic E-state index is 11.4. The first-order valence-corrected chi connectivity index (χ1v) is 6.52. The molecule has 4 N–H and O–H groups in total. The molecular weight excluding hydrogens is 266 g/mol. The molecule has 1 atom stereocenters. The number of amides is 3. The number of carboxylic acids is 1. The Morgan fingerprint density at radius 2 is 1.85 bits per heavy atom. The summed E-state index contributed by atoms with van der Waals surface area (Å²) >= 11 is 0. The molecule has 3 amide bonds. The molecule has 0 aromatic carbocycles. The van der Waals surface area contributed by atoms with Crippen LogP contribution < -0.4 is 16.0 Å². The summed E-state index contributed by atoms with van der Waals surface area (Å²) in [6.45, 7) is 2.89. The zero-order chi connectivity index (χ0) is 15.4. The summed E-state index contributed by atoms with van der Waals surface area (Å²) in [6.07, 6.45) is 0.305. The summed E-state index contributed by atoms with van der Waals surface area (Å²) in [5.41, 5.74) is 0. The largest absolute Gasteiger partial charge is 0.481 e. The van der Waals surface area contributed by atoms with Gasteiger partial charge in [0.05, 0.1) is 12.5 Å². The van der Waals surface area contributed by atoms with Crippen LogP contribution in [-0.4, -0.2) is 55.9 Å². The van der Waals surface area contributed by atoms with Gasteiger partial charge in [-0.05, 0) is 6.42 Å². The first kappa shape index (κ1) is 18.2. The number of nitrogens with one attached hydrogen (secondary N) is 3. The molecule has 8 heteroatoms. The van der Waals surface area contributed by atoms with E-state index in [1.807, 2.05) is 6.92 Å². The molecule has 0 spiro atoms. The molecule has 1 unspecified atom stereocenters. The van der Waals surface area contributed by atoms with Gasteiger partial charge in [0.1, 0.15) is 0 Å². The summed E-state index contributed by atoms with van der Waals surface area (Å²) in [4.78, 5) is 33.1. The second kappa shape index (κ2) is 11.0. The third kappa shape index (κ3) is 10.1. The zero-order valence-corrected chi connectivity index (χ0v) is 11.9. The second-order valence-electron chi connectivity index (χ2n) is 4.19. The Hall–Kier alpha value is -1.83. The lowest BCUT2D eigenvalue weighted by Crippen LogP contribution is -2.42. The van der Waals surface area contributed by atoms with Crippen molar-refractivity contribution in [3.8, 4) is 0 Å². The van der Waals surface area contributed by atoms with Crippen LogP contribution >= 0.6 is 0 Å². The van der Waals surface area contributed by atoms with Gasteiger partial charge in [-0.25, -0.2) is 4.79 Å². The van der Waals surface area contributed by atoms with Gasteiger partial charge < -0.3 is 25.8 Å². The van der Waals surface area contributed by atoms with Gasteiger partial charge in [-0.1, -0.05) is 6.92 Å². The van der Waals surface area contributed by atoms with E-state index in [1.54, 1.807) is 0 Å². The predicted molar refractivity (Wildman–Crippen MR) is 72.4 cm³/mol. The van der Waals surface area contributed by atoms with Crippen LogP contribution in [0.3, 0.4) is 0 Å². The number of methoxy groups -OCH3 is 1. The number of carbonyl (C=O) groups excluding carboxylic acids is 2. The molecule has 8 nitrogen and oxygen atoms in total. The number of aliphatic carboxylic acids is 1. The van der Waals surface area contributed by atoms with Crippen LogP contribution in [0.2, 0.25) is 0 Å². The Balaban J connectivity index is 3.72. The molecule has 0 heterocycles. The van der Waals surface area contributed by atoms with E-state index in [4.69, 9.17) is 9.84 Å². The van der Waals surface area contributed by atoms with Crippen molar-refractivity contribution >= 4 is 17.9 Å². The molecule has 0 fully saturated rings.